The van der Waals surface area contributed by atoms with Crippen LogP contribution in [0.25, 0.3) is 11.1 Å². The summed E-state index contributed by atoms with van der Waals surface area (Å²) >= 11 is 0. The SMILES string of the molecule is O=C(CCc1cccc(F)c1)Nc1ccc2ncoc2c1. The van der Waals surface area contributed by atoms with Crippen molar-refractivity contribution < 1.29 is 13.6 Å². The van der Waals surface area contributed by atoms with Crippen molar-refractivity contribution in [2.24, 2.45) is 0 Å². The molecule has 3 rings (SSSR count). The first kappa shape index (κ1) is 13.3. The average Bonchev–Trinajstić information content (AvgIpc) is 2.93. The number of carbonyl (C=O) groups excluding carboxylic acids is 1. The Labute approximate surface area is 120 Å². The van der Waals surface area contributed by atoms with Crippen molar-refractivity contribution in [2.75, 3.05) is 5.32 Å². The zero-order valence-corrected chi connectivity index (χ0v) is 11.2. The van der Waals surface area contributed by atoms with Gasteiger partial charge in [-0.25, -0.2) is 9.37 Å². The lowest BCUT2D eigenvalue weighted by Crippen LogP contribution is -2.12. The van der Waals surface area contributed by atoms with Crippen LogP contribution in [0.15, 0.2) is 53.3 Å². The molecule has 0 atom stereocenters. The van der Waals surface area contributed by atoms with Gasteiger partial charge in [-0.3, -0.25) is 4.79 Å². The lowest BCUT2D eigenvalue weighted by molar-refractivity contribution is -0.116. The summed E-state index contributed by atoms with van der Waals surface area (Å²) < 4.78 is 18.2. The van der Waals surface area contributed by atoms with Crippen molar-refractivity contribution in [1.82, 2.24) is 4.98 Å². The van der Waals surface area contributed by atoms with Crippen molar-refractivity contribution in [2.45, 2.75) is 12.8 Å². The van der Waals surface area contributed by atoms with Gasteiger partial charge in [0.15, 0.2) is 12.0 Å². The number of oxazole rings is 1. The molecule has 0 aliphatic carbocycles. The summed E-state index contributed by atoms with van der Waals surface area (Å²) in [5, 5.41) is 2.79. The smallest absolute Gasteiger partial charge is 0.224 e. The number of hydrogen-bond acceptors (Lipinski definition) is 3. The zero-order valence-electron chi connectivity index (χ0n) is 11.2. The highest BCUT2D eigenvalue weighted by molar-refractivity contribution is 5.92. The monoisotopic (exact) mass is 284 g/mol. The number of carbonyl (C=O) groups is 1. The second-order valence-electron chi connectivity index (χ2n) is 4.71. The van der Waals surface area contributed by atoms with Crippen LogP contribution in [0.1, 0.15) is 12.0 Å². The van der Waals surface area contributed by atoms with E-state index in [0.29, 0.717) is 17.7 Å². The highest BCUT2D eigenvalue weighted by Crippen LogP contribution is 2.18. The first-order chi connectivity index (χ1) is 10.2. The van der Waals surface area contributed by atoms with E-state index in [1.165, 1.54) is 18.5 Å². The predicted octanol–water partition coefficient (Wildman–Crippen LogP) is 3.54. The Kier molecular flexibility index (Phi) is 3.64. The predicted molar refractivity (Wildman–Crippen MR) is 77.4 cm³/mol. The van der Waals surface area contributed by atoms with Crippen molar-refractivity contribution >= 4 is 22.7 Å². The van der Waals surface area contributed by atoms with E-state index in [0.717, 1.165) is 11.1 Å². The Hall–Kier alpha value is -2.69. The lowest BCUT2D eigenvalue weighted by atomic mass is 10.1. The van der Waals surface area contributed by atoms with Crippen molar-refractivity contribution in [3.63, 3.8) is 0 Å². The number of amides is 1. The van der Waals surface area contributed by atoms with Gasteiger partial charge >= 0.3 is 0 Å². The standard InChI is InChI=1S/C16H13FN2O2/c17-12-3-1-2-11(8-12)4-7-16(20)19-13-5-6-14-15(9-13)21-10-18-14/h1-3,5-6,8-10H,4,7H2,(H,19,20). The maximum atomic E-state index is 13.0. The minimum Gasteiger partial charge on any atom is -0.443 e. The largest absolute Gasteiger partial charge is 0.443 e. The Balaban J connectivity index is 1.60. The molecule has 106 valence electrons. The molecule has 4 nitrogen and oxygen atoms in total. The first-order valence-electron chi connectivity index (χ1n) is 6.58. The lowest BCUT2D eigenvalue weighted by Gasteiger charge is -2.05. The van der Waals surface area contributed by atoms with E-state index in [-0.39, 0.29) is 18.1 Å². The number of aromatic nitrogens is 1. The van der Waals surface area contributed by atoms with E-state index >= 15 is 0 Å². The molecule has 2 aromatic carbocycles. The van der Waals surface area contributed by atoms with Gasteiger partial charge in [-0.1, -0.05) is 12.1 Å². The number of fused-ring (bicyclic) bond motifs is 1. The van der Waals surface area contributed by atoms with Crippen LogP contribution < -0.4 is 5.32 Å². The highest BCUT2D eigenvalue weighted by atomic mass is 19.1. The number of aryl methyl sites for hydroxylation is 1. The fourth-order valence-corrected chi connectivity index (χ4v) is 2.11. The molecule has 1 heterocycles. The summed E-state index contributed by atoms with van der Waals surface area (Å²) in [7, 11) is 0. The van der Waals surface area contributed by atoms with Crippen molar-refractivity contribution in [3.8, 4) is 0 Å². The van der Waals surface area contributed by atoms with Crippen LogP contribution in [0.2, 0.25) is 0 Å². The van der Waals surface area contributed by atoms with Crippen LogP contribution >= 0.6 is 0 Å². The second-order valence-corrected chi connectivity index (χ2v) is 4.71. The molecular formula is C16H13FN2O2. The van der Waals surface area contributed by atoms with E-state index < -0.39 is 0 Å². The van der Waals surface area contributed by atoms with Crippen LogP contribution in [0.4, 0.5) is 10.1 Å². The number of anilines is 1. The van der Waals surface area contributed by atoms with Gasteiger partial charge in [0.05, 0.1) is 0 Å². The molecule has 1 N–H and O–H groups in total. The molecule has 21 heavy (non-hydrogen) atoms. The minimum atomic E-state index is -0.288. The van der Waals surface area contributed by atoms with Gasteiger partial charge in [0.2, 0.25) is 5.91 Å². The normalized spacial score (nSPS) is 10.7. The fraction of sp³-hybridized carbons (Fsp3) is 0.125. The fourth-order valence-electron chi connectivity index (χ4n) is 2.11. The molecule has 0 saturated carbocycles. The van der Waals surface area contributed by atoms with E-state index in [1.807, 2.05) is 0 Å². The third kappa shape index (κ3) is 3.25. The Morgan fingerprint density at radius 2 is 2.14 bits per heavy atom. The zero-order chi connectivity index (χ0) is 14.7. The highest BCUT2D eigenvalue weighted by Gasteiger charge is 2.06. The quantitative estimate of drug-likeness (QED) is 0.797. The topological polar surface area (TPSA) is 55.1 Å². The molecule has 0 spiro atoms. The summed E-state index contributed by atoms with van der Waals surface area (Å²) in [4.78, 5) is 15.9. The molecule has 1 amide bonds. The molecular weight excluding hydrogens is 271 g/mol. The van der Waals surface area contributed by atoms with Crippen LogP contribution in [0, 0.1) is 5.82 Å². The van der Waals surface area contributed by atoms with Crippen LogP contribution in [-0.4, -0.2) is 10.9 Å². The van der Waals surface area contributed by atoms with Gasteiger partial charge in [0, 0.05) is 18.2 Å². The van der Waals surface area contributed by atoms with E-state index in [9.17, 15) is 9.18 Å². The van der Waals surface area contributed by atoms with Crippen molar-refractivity contribution in [1.29, 1.82) is 0 Å². The Morgan fingerprint density at radius 3 is 3.00 bits per heavy atom. The van der Waals surface area contributed by atoms with Crippen LogP contribution in [-0.2, 0) is 11.2 Å². The number of benzene rings is 2. The number of nitrogens with zero attached hydrogens (tertiary/aromatic N) is 1. The number of halogens is 1. The summed E-state index contributed by atoms with van der Waals surface area (Å²) in [6.45, 7) is 0. The molecule has 0 saturated heterocycles. The molecule has 3 aromatic rings. The summed E-state index contributed by atoms with van der Waals surface area (Å²) in [5.74, 6) is -0.415. The third-order valence-electron chi connectivity index (χ3n) is 3.14. The molecule has 0 radical (unpaired) electrons. The van der Waals surface area contributed by atoms with Gasteiger partial charge in [0.25, 0.3) is 0 Å². The van der Waals surface area contributed by atoms with E-state index in [1.54, 1.807) is 30.3 Å². The molecule has 5 heteroatoms. The molecule has 0 aliphatic heterocycles. The summed E-state index contributed by atoms with van der Waals surface area (Å²) in [5.41, 5.74) is 2.82. The minimum absolute atomic E-state index is 0.127. The summed E-state index contributed by atoms with van der Waals surface area (Å²) in [6.07, 6.45) is 2.15. The summed E-state index contributed by atoms with van der Waals surface area (Å²) in [6, 6.07) is 11.5. The maximum Gasteiger partial charge on any atom is 0.224 e. The molecule has 0 fully saturated rings. The molecule has 1 aromatic heterocycles. The van der Waals surface area contributed by atoms with Gasteiger partial charge in [-0.05, 0) is 36.2 Å². The number of hydrogen-bond donors (Lipinski definition) is 1. The van der Waals surface area contributed by atoms with Gasteiger partial charge < -0.3 is 9.73 Å². The Bertz CT molecular complexity index is 783. The average molecular weight is 284 g/mol. The van der Waals surface area contributed by atoms with E-state index in [2.05, 4.69) is 10.3 Å². The van der Waals surface area contributed by atoms with Crippen LogP contribution in [0.3, 0.4) is 0 Å². The van der Waals surface area contributed by atoms with Crippen molar-refractivity contribution in [3.05, 3.63) is 60.2 Å². The van der Waals surface area contributed by atoms with Gasteiger partial charge in [0.1, 0.15) is 11.3 Å². The molecule has 0 bridgehead atoms. The first-order valence-corrected chi connectivity index (χ1v) is 6.58. The second kappa shape index (κ2) is 5.75. The number of rotatable bonds is 4. The van der Waals surface area contributed by atoms with E-state index in [4.69, 9.17) is 4.42 Å². The maximum absolute atomic E-state index is 13.0. The molecule has 0 unspecified atom stereocenters. The number of nitrogens with one attached hydrogen (secondary N) is 1. The molecule has 0 aliphatic rings. The van der Waals surface area contributed by atoms with Gasteiger partial charge in [-0.15, -0.1) is 0 Å². The van der Waals surface area contributed by atoms with Gasteiger partial charge in [-0.2, -0.15) is 0 Å². The van der Waals surface area contributed by atoms with Crippen LogP contribution in [0.5, 0.6) is 0 Å². The third-order valence-corrected chi connectivity index (χ3v) is 3.14. The Morgan fingerprint density at radius 1 is 1.24 bits per heavy atom.